The molecule has 23 heavy (non-hydrogen) atoms. The molecule has 1 saturated heterocycles. The summed E-state index contributed by atoms with van der Waals surface area (Å²) in [6.07, 6.45) is 2.64. The molecule has 2 N–H and O–H groups in total. The van der Waals surface area contributed by atoms with Gasteiger partial charge in [0.05, 0.1) is 11.0 Å². The van der Waals surface area contributed by atoms with Crippen LogP contribution in [0, 0.1) is 5.92 Å². The SMILES string of the molecule is CCn1c(CCNC(=O)[C@H]2CCN[C@@H](C)C2)nc2ccccc21. The average Bonchev–Trinajstić information content (AvgIpc) is 2.92. The maximum atomic E-state index is 12.3. The third-order valence-electron chi connectivity index (χ3n) is 4.69. The van der Waals surface area contributed by atoms with Crippen LogP contribution in [-0.4, -0.2) is 34.6 Å². The maximum absolute atomic E-state index is 12.3. The largest absolute Gasteiger partial charge is 0.355 e. The maximum Gasteiger partial charge on any atom is 0.223 e. The predicted octanol–water partition coefficient (Wildman–Crippen LogP) is 2.10. The molecule has 2 atom stereocenters. The number of aryl methyl sites for hydroxylation is 1. The topological polar surface area (TPSA) is 59.0 Å². The van der Waals surface area contributed by atoms with E-state index >= 15 is 0 Å². The Morgan fingerprint density at radius 1 is 1.43 bits per heavy atom. The fraction of sp³-hybridized carbons (Fsp3) is 0.556. The van der Waals surface area contributed by atoms with Gasteiger partial charge in [0.25, 0.3) is 0 Å². The van der Waals surface area contributed by atoms with E-state index in [2.05, 4.69) is 35.1 Å². The molecule has 5 nitrogen and oxygen atoms in total. The zero-order valence-corrected chi connectivity index (χ0v) is 14.0. The Hall–Kier alpha value is -1.88. The van der Waals surface area contributed by atoms with Crippen LogP contribution >= 0.6 is 0 Å². The number of hydrogen-bond donors (Lipinski definition) is 2. The van der Waals surface area contributed by atoms with Gasteiger partial charge in [-0.25, -0.2) is 4.98 Å². The van der Waals surface area contributed by atoms with E-state index in [-0.39, 0.29) is 11.8 Å². The number of nitrogens with zero attached hydrogens (tertiary/aromatic N) is 2. The van der Waals surface area contributed by atoms with Crippen molar-refractivity contribution in [3.05, 3.63) is 30.1 Å². The number of amides is 1. The molecule has 1 aromatic heterocycles. The molecule has 0 radical (unpaired) electrons. The second-order valence-corrected chi connectivity index (χ2v) is 6.38. The highest BCUT2D eigenvalue weighted by Gasteiger charge is 2.24. The Morgan fingerprint density at radius 2 is 2.26 bits per heavy atom. The summed E-state index contributed by atoms with van der Waals surface area (Å²) in [7, 11) is 0. The number of nitrogens with one attached hydrogen (secondary N) is 2. The monoisotopic (exact) mass is 314 g/mol. The van der Waals surface area contributed by atoms with Gasteiger partial charge in [-0.1, -0.05) is 12.1 Å². The summed E-state index contributed by atoms with van der Waals surface area (Å²) >= 11 is 0. The van der Waals surface area contributed by atoms with Crippen LogP contribution in [0.1, 0.15) is 32.5 Å². The van der Waals surface area contributed by atoms with Crippen LogP contribution in [0.15, 0.2) is 24.3 Å². The van der Waals surface area contributed by atoms with Gasteiger partial charge in [-0.05, 0) is 45.4 Å². The first kappa shape index (κ1) is 16.0. The molecule has 1 amide bonds. The van der Waals surface area contributed by atoms with E-state index < -0.39 is 0 Å². The number of aromatic nitrogens is 2. The van der Waals surface area contributed by atoms with E-state index in [4.69, 9.17) is 4.98 Å². The lowest BCUT2D eigenvalue weighted by Crippen LogP contribution is -2.42. The van der Waals surface area contributed by atoms with E-state index in [1.54, 1.807) is 0 Å². The summed E-state index contributed by atoms with van der Waals surface area (Å²) < 4.78 is 2.23. The zero-order chi connectivity index (χ0) is 16.2. The molecule has 2 aromatic rings. The van der Waals surface area contributed by atoms with Gasteiger partial charge >= 0.3 is 0 Å². The summed E-state index contributed by atoms with van der Waals surface area (Å²) in [6.45, 7) is 6.76. The summed E-state index contributed by atoms with van der Waals surface area (Å²) in [5.74, 6) is 1.39. The van der Waals surface area contributed by atoms with Crippen molar-refractivity contribution in [3.8, 4) is 0 Å². The van der Waals surface area contributed by atoms with Crippen LogP contribution in [0.4, 0.5) is 0 Å². The summed E-state index contributed by atoms with van der Waals surface area (Å²) in [5.41, 5.74) is 2.20. The van der Waals surface area contributed by atoms with Crippen molar-refractivity contribution in [2.45, 2.75) is 45.7 Å². The normalized spacial score (nSPS) is 21.5. The van der Waals surface area contributed by atoms with Gasteiger partial charge in [0.15, 0.2) is 0 Å². The molecule has 124 valence electrons. The lowest BCUT2D eigenvalue weighted by Gasteiger charge is -2.27. The lowest BCUT2D eigenvalue weighted by atomic mass is 9.92. The number of benzene rings is 1. The third kappa shape index (κ3) is 3.55. The molecule has 1 aromatic carbocycles. The minimum atomic E-state index is 0.149. The lowest BCUT2D eigenvalue weighted by molar-refractivity contribution is -0.126. The number of carbonyl (C=O) groups is 1. The molecule has 0 saturated carbocycles. The average molecular weight is 314 g/mol. The summed E-state index contributed by atoms with van der Waals surface area (Å²) in [6, 6.07) is 8.63. The van der Waals surface area contributed by atoms with E-state index in [1.807, 2.05) is 18.2 Å². The fourth-order valence-corrected chi connectivity index (χ4v) is 3.48. The van der Waals surface area contributed by atoms with Gasteiger partial charge in [-0.2, -0.15) is 0 Å². The highest BCUT2D eigenvalue weighted by atomic mass is 16.1. The van der Waals surface area contributed by atoms with Crippen molar-refractivity contribution in [2.75, 3.05) is 13.1 Å². The van der Waals surface area contributed by atoms with E-state index in [9.17, 15) is 4.79 Å². The minimum Gasteiger partial charge on any atom is -0.355 e. The predicted molar refractivity (Wildman–Crippen MR) is 92.3 cm³/mol. The Morgan fingerprint density at radius 3 is 3.04 bits per heavy atom. The van der Waals surface area contributed by atoms with Crippen molar-refractivity contribution >= 4 is 16.9 Å². The van der Waals surface area contributed by atoms with Gasteiger partial charge in [0.1, 0.15) is 5.82 Å². The molecule has 5 heteroatoms. The van der Waals surface area contributed by atoms with Crippen molar-refractivity contribution in [1.82, 2.24) is 20.2 Å². The number of hydrogen-bond acceptors (Lipinski definition) is 3. The van der Waals surface area contributed by atoms with Crippen LogP contribution < -0.4 is 10.6 Å². The van der Waals surface area contributed by atoms with E-state index in [0.29, 0.717) is 12.6 Å². The quantitative estimate of drug-likeness (QED) is 0.888. The second kappa shape index (κ2) is 7.13. The molecule has 0 aliphatic carbocycles. The van der Waals surface area contributed by atoms with Gasteiger partial charge < -0.3 is 15.2 Å². The molecule has 0 bridgehead atoms. The van der Waals surface area contributed by atoms with Gasteiger partial charge in [0.2, 0.25) is 5.91 Å². The zero-order valence-electron chi connectivity index (χ0n) is 14.0. The molecular formula is C18H26N4O. The summed E-state index contributed by atoms with van der Waals surface area (Å²) in [4.78, 5) is 17.0. The van der Waals surface area contributed by atoms with Gasteiger partial charge in [0, 0.05) is 31.5 Å². The smallest absolute Gasteiger partial charge is 0.223 e. The van der Waals surface area contributed by atoms with Crippen molar-refractivity contribution in [1.29, 1.82) is 0 Å². The Labute approximate surface area is 137 Å². The Balaban J connectivity index is 1.59. The van der Waals surface area contributed by atoms with E-state index in [1.165, 1.54) is 5.52 Å². The molecule has 0 unspecified atom stereocenters. The van der Waals surface area contributed by atoms with Crippen LogP contribution in [0.3, 0.4) is 0 Å². The first-order valence-electron chi connectivity index (χ1n) is 8.64. The van der Waals surface area contributed by atoms with Crippen molar-refractivity contribution in [3.63, 3.8) is 0 Å². The Kier molecular flexibility index (Phi) is 4.96. The fourth-order valence-electron chi connectivity index (χ4n) is 3.48. The number of rotatable bonds is 5. The molecular weight excluding hydrogens is 288 g/mol. The minimum absolute atomic E-state index is 0.149. The standard InChI is InChI=1S/C18H26N4O/c1-3-22-16-7-5-4-6-15(16)21-17(22)9-11-20-18(23)14-8-10-19-13(2)12-14/h4-7,13-14,19H,3,8-12H2,1-2H3,(H,20,23)/t13-,14-/m0/s1. The summed E-state index contributed by atoms with van der Waals surface area (Å²) in [5, 5.41) is 6.48. The number of fused-ring (bicyclic) bond motifs is 1. The van der Waals surface area contributed by atoms with Gasteiger partial charge in [-0.15, -0.1) is 0 Å². The number of para-hydroxylation sites is 2. The molecule has 1 fully saturated rings. The second-order valence-electron chi connectivity index (χ2n) is 6.38. The van der Waals surface area contributed by atoms with Crippen LogP contribution in [0.2, 0.25) is 0 Å². The molecule has 1 aliphatic rings. The molecule has 0 spiro atoms. The van der Waals surface area contributed by atoms with Gasteiger partial charge in [-0.3, -0.25) is 4.79 Å². The highest BCUT2D eigenvalue weighted by molar-refractivity contribution is 5.79. The van der Waals surface area contributed by atoms with Crippen LogP contribution in [-0.2, 0) is 17.8 Å². The van der Waals surface area contributed by atoms with Crippen LogP contribution in [0.25, 0.3) is 11.0 Å². The Bertz CT molecular complexity index is 679. The van der Waals surface area contributed by atoms with Crippen LogP contribution in [0.5, 0.6) is 0 Å². The molecule has 3 rings (SSSR count). The number of imidazole rings is 1. The highest BCUT2D eigenvalue weighted by Crippen LogP contribution is 2.17. The molecule has 1 aliphatic heterocycles. The first-order chi connectivity index (χ1) is 11.2. The molecule has 2 heterocycles. The third-order valence-corrected chi connectivity index (χ3v) is 4.69. The first-order valence-corrected chi connectivity index (χ1v) is 8.64. The van der Waals surface area contributed by atoms with Crippen molar-refractivity contribution in [2.24, 2.45) is 5.92 Å². The number of piperidine rings is 1. The number of carbonyl (C=O) groups excluding carboxylic acids is 1. The van der Waals surface area contributed by atoms with E-state index in [0.717, 1.165) is 43.7 Å². The van der Waals surface area contributed by atoms with Crippen molar-refractivity contribution < 1.29 is 4.79 Å².